The molecule has 4 rings (SSSR count). The number of nitrogens with one attached hydrogen (secondary N) is 1. The van der Waals surface area contributed by atoms with Crippen LogP contribution < -0.4 is 10.2 Å². The van der Waals surface area contributed by atoms with E-state index in [1.807, 2.05) is 0 Å². The van der Waals surface area contributed by atoms with Crippen molar-refractivity contribution in [2.75, 3.05) is 31.6 Å². The Balaban J connectivity index is 1.74. The number of hydrogen-bond donors (Lipinski definition) is 1. The minimum absolute atomic E-state index is 0.0496. The molecule has 2 aliphatic rings. The maximum Gasteiger partial charge on any atom is 0.282 e. The summed E-state index contributed by atoms with van der Waals surface area (Å²) in [5, 5.41) is 3.32. The van der Waals surface area contributed by atoms with E-state index in [4.69, 9.17) is 11.6 Å². The van der Waals surface area contributed by atoms with Crippen LogP contribution in [0.4, 0.5) is 10.1 Å². The van der Waals surface area contributed by atoms with Gasteiger partial charge in [-0.15, -0.1) is 0 Å². The Bertz CT molecular complexity index is 1220. The van der Waals surface area contributed by atoms with E-state index in [0.717, 1.165) is 47.4 Å². The SMILES string of the molecule is CN(CC(=O)N(c1cccc(F)c1)[C@@H](C(=O)NC1CCCCC1)c1ccccc1Cl)S(=O)(=O)N1CC1. The molecule has 11 heteroatoms. The van der Waals surface area contributed by atoms with Gasteiger partial charge < -0.3 is 5.32 Å². The maximum atomic E-state index is 14.3. The van der Waals surface area contributed by atoms with E-state index in [1.165, 1.54) is 29.6 Å². The number of hydrogen-bond acceptors (Lipinski definition) is 4. The summed E-state index contributed by atoms with van der Waals surface area (Å²) in [5.74, 6) is -1.73. The van der Waals surface area contributed by atoms with Crippen molar-refractivity contribution in [3.8, 4) is 0 Å². The number of nitrogens with zero attached hydrogens (tertiary/aromatic N) is 3. The summed E-state index contributed by atoms with van der Waals surface area (Å²) in [6.45, 7) is 0.244. The van der Waals surface area contributed by atoms with Gasteiger partial charge in [0, 0.05) is 42.5 Å². The lowest BCUT2D eigenvalue weighted by Gasteiger charge is -2.34. The Labute approximate surface area is 216 Å². The number of halogens is 2. The molecule has 1 aliphatic heterocycles. The Hall–Kier alpha value is -2.53. The van der Waals surface area contributed by atoms with Crippen LogP contribution in [0.25, 0.3) is 0 Å². The third-order valence-electron chi connectivity index (χ3n) is 6.50. The molecule has 2 amide bonds. The fraction of sp³-hybridized carbons (Fsp3) is 0.440. The Morgan fingerprint density at radius 1 is 1.11 bits per heavy atom. The lowest BCUT2D eigenvalue weighted by atomic mass is 9.94. The van der Waals surface area contributed by atoms with Gasteiger partial charge in [-0.3, -0.25) is 14.5 Å². The first-order valence-electron chi connectivity index (χ1n) is 12.0. The predicted molar refractivity (Wildman–Crippen MR) is 136 cm³/mol. The lowest BCUT2D eigenvalue weighted by molar-refractivity contribution is -0.127. The first-order chi connectivity index (χ1) is 17.2. The summed E-state index contributed by atoms with van der Waals surface area (Å²) in [6, 6.07) is 10.7. The summed E-state index contributed by atoms with van der Waals surface area (Å²) < 4.78 is 41.8. The molecule has 1 atom stereocenters. The Kier molecular flexibility index (Phi) is 8.29. The first-order valence-corrected chi connectivity index (χ1v) is 13.8. The Morgan fingerprint density at radius 3 is 2.44 bits per heavy atom. The minimum Gasteiger partial charge on any atom is -0.351 e. The monoisotopic (exact) mass is 536 g/mol. The first kappa shape index (κ1) is 26.5. The van der Waals surface area contributed by atoms with Gasteiger partial charge in [-0.1, -0.05) is 55.1 Å². The average molecular weight is 537 g/mol. The van der Waals surface area contributed by atoms with E-state index in [2.05, 4.69) is 5.32 Å². The van der Waals surface area contributed by atoms with Gasteiger partial charge in [-0.2, -0.15) is 17.0 Å². The average Bonchev–Trinajstić information content (AvgIpc) is 3.70. The molecule has 1 N–H and O–H groups in total. The second-order valence-electron chi connectivity index (χ2n) is 9.17. The van der Waals surface area contributed by atoms with Gasteiger partial charge in [-0.25, -0.2) is 4.39 Å². The molecule has 1 heterocycles. The van der Waals surface area contributed by atoms with Crippen molar-refractivity contribution in [1.29, 1.82) is 0 Å². The van der Waals surface area contributed by atoms with Gasteiger partial charge in [0.05, 0.1) is 6.54 Å². The van der Waals surface area contributed by atoms with Gasteiger partial charge >= 0.3 is 0 Å². The molecule has 2 aromatic rings. The Morgan fingerprint density at radius 2 is 1.81 bits per heavy atom. The molecule has 2 aromatic carbocycles. The highest BCUT2D eigenvalue weighted by Crippen LogP contribution is 2.33. The number of anilines is 1. The van der Waals surface area contributed by atoms with Crippen molar-refractivity contribution < 1.29 is 22.4 Å². The van der Waals surface area contributed by atoms with E-state index < -0.39 is 40.4 Å². The maximum absolute atomic E-state index is 14.3. The normalized spacial score (nSPS) is 17.6. The number of benzene rings is 2. The van der Waals surface area contributed by atoms with Crippen LogP contribution in [-0.2, 0) is 19.8 Å². The second kappa shape index (κ2) is 11.2. The van der Waals surface area contributed by atoms with Gasteiger partial charge in [0.15, 0.2) is 0 Å². The van der Waals surface area contributed by atoms with Crippen LogP contribution in [0, 0.1) is 5.82 Å². The summed E-state index contributed by atoms with van der Waals surface area (Å²) in [7, 11) is -2.50. The quantitative estimate of drug-likeness (QED) is 0.497. The zero-order chi connectivity index (χ0) is 25.9. The van der Waals surface area contributed by atoms with Gasteiger partial charge in [-0.05, 0) is 37.1 Å². The summed E-state index contributed by atoms with van der Waals surface area (Å²) in [4.78, 5) is 28.7. The molecule has 36 heavy (non-hydrogen) atoms. The number of likely N-dealkylation sites (N-methyl/N-ethyl adjacent to an activating group) is 1. The second-order valence-corrected chi connectivity index (χ2v) is 11.6. The third kappa shape index (κ3) is 6.05. The summed E-state index contributed by atoms with van der Waals surface area (Å²) in [5.41, 5.74) is 0.489. The van der Waals surface area contributed by atoms with E-state index in [9.17, 15) is 22.4 Å². The zero-order valence-corrected chi connectivity index (χ0v) is 21.6. The van der Waals surface area contributed by atoms with Crippen molar-refractivity contribution in [3.05, 3.63) is 64.9 Å². The fourth-order valence-corrected chi connectivity index (χ4v) is 5.95. The highest BCUT2D eigenvalue weighted by molar-refractivity contribution is 7.87. The standard InChI is InChI=1S/C25H30ClFN4O4S/c1-29(36(34,35)30-14-15-30)17-23(32)31(20-11-7-8-18(27)16-20)24(21-12-5-6-13-22(21)26)25(33)28-19-9-3-2-4-10-19/h5-8,11-13,16,19,24H,2-4,9-10,14-15,17H2,1H3,(H,28,33)/t24-/m1/s1. The molecule has 0 radical (unpaired) electrons. The zero-order valence-electron chi connectivity index (χ0n) is 20.1. The van der Waals surface area contributed by atoms with Crippen LogP contribution in [0.2, 0.25) is 5.02 Å². The lowest BCUT2D eigenvalue weighted by Crippen LogP contribution is -2.50. The highest BCUT2D eigenvalue weighted by atomic mass is 35.5. The van der Waals surface area contributed by atoms with Crippen LogP contribution in [0.3, 0.4) is 0 Å². The molecule has 0 aromatic heterocycles. The molecule has 8 nitrogen and oxygen atoms in total. The molecule has 0 unspecified atom stereocenters. The molecule has 0 spiro atoms. The van der Waals surface area contributed by atoms with Crippen LogP contribution in [0.1, 0.15) is 43.7 Å². The largest absolute Gasteiger partial charge is 0.351 e. The van der Waals surface area contributed by atoms with Gasteiger partial charge in [0.1, 0.15) is 11.9 Å². The molecule has 1 saturated carbocycles. The molecule has 1 aliphatic carbocycles. The molecule has 2 fully saturated rings. The third-order valence-corrected chi connectivity index (χ3v) is 8.78. The fourth-order valence-electron chi connectivity index (χ4n) is 4.50. The van der Waals surface area contributed by atoms with Gasteiger partial charge in [0.25, 0.3) is 10.2 Å². The number of amides is 2. The van der Waals surface area contributed by atoms with Crippen LogP contribution in [0.5, 0.6) is 0 Å². The molecule has 1 saturated heterocycles. The van der Waals surface area contributed by atoms with E-state index in [1.54, 1.807) is 24.3 Å². The number of rotatable bonds is 9. The smallest absolute Gasteiger partial charge is 0.282 e. The summed E-state index contributed by atoms with van der Waals surface area (Å²) >= 11 is 6.50. The highest BCUT2D eigenvalue weighted by Gasteiger charge is 2.39. The number of carbonyl (C=O) groups is 2. The van der Waals surface area contributed by atoms with Crippen molar-refractivity contribution in [3.63, 3.8) is 0 Å². The van der Waals surface area contributed by atoms with E-state index in [0.29, 0.717) is 18.7 Å². The molecular weight excluding hydrogens is 507 g/mol. The van der Waals surface area contributed by atoms with Crippen LogP contribution in [0.15, 0.2) is 48.5 Å². The van der Waals surface area contributed by atoms with Crippen molar-refractivity contribution in [2.24, 2.45) is 0 Å². The minimum atomic E-state index is -3.81. The molecule has 0 bridgehead atoms. The van der Waals surface area contributed by atoms with Crippen molar-refractivity contribution in [1.82, 2.24) is 13.9 Å². The van der Waals surface area contributed by atoms with Crippen molar-refractivity contribution in [2.45, 2.75) is 44.2 Å². The molecular formula is C25H30ClFN4O4S. The van der Waals surface area contributed by atoms with E-state index in [-0.39, 0.29) is 16.8 Å². The van der Waals surface area contributed by atoms with Crippen LogP contribution in [-0.4, -0.2) is 61.6 Å². The topological polar surface area (TPSA) is 89.8 Å². The van der Waals surface area contributed by atoms with Crippen LogP contribution >= 0.6 is 11.6 Å². The number of carbonyl (C=O) groups excluding carboxylic acids is 2. The summed E-state index contributed by atoms with van der Waals surface area (Å²) in [6.07, 6.45) is 4.74. The molecule has 194 valence electrons. The van der Waals surface area contributed by atoms with Crippen molar-refractivity contribution >= 4 is 39.3 Å². The van der Waals surface area contributed by atoms with Gasteiger partial charge in [0.2, 0.25) is 11.8 Å². The van der Waals surface area contributed by atoms with E-state index >= 15 is 0 Å². The predicted octanol–water partition coefficient (Wildman–Crippen LogP) is 3.49.